The van der Waals surface area contributed by atoms with Crippen molar-refractivity contribution in [1.29, 1.82) is 0 Å². The first-order valence-corrected chi connectivity index (χ1v) is 7.22. The SMILES string of the molecule is CN(C)CCON=C1CCc2cc3c(cc21)CCC3. The Morgan fingerprint density at radius 1 is 1.05 bits per heavy atom. The molecule has 0 radical (unpaired) electrons. The third-order valence-electron chi connectivity index (χ3n) is 4.06. The fourth-order valence-electron chi connectivity index (χ4n) is 2.98. The van der Waals surface area contributed by atoms with E-state index in [9.17, 15) is 0 Å². The molecule has 0 aromatic heterocycles. The molecule has 0 heterocycles. The molecule has 0 amide bonds. The first-order valence-electron chi connectivity index (χ1n) is 7.22. The largest absolute Gasteiger partial charge is 0.394 e. The Hall–Kier alpha value is -1.35. The molecule has 3 heteroatoms. The predicted octanol–water partition coefficient (Wildman–Crippen LogP) is 2.40. The van der Waals surface area contributed by atoms with Crippen LogP contribution in [0.15, 0.2) is 17.3 Å². The van der Waals surface area contributed by atoms with E-state index in [1.54, 1.807) is 5.56 Å². The summed E-state index contributed by atoms with van der Waals surface area (Å²) in [6.45, 7) is 1.57. The van der Waals surface area contributed by atoms with E-state index in [1.807, 2.05) is 14.1 Å². The molecule has 2 aliphatic rings. The first kappa shape index (κ1) is 12.7. The third kappa shape index (κ3) is 2.66. The van der Waals surface area contributed by atoms with Gasteiger partial charge in [0.1, 0.15) is 6.61 Å². The van der Waals surface area contributed by atoms with Crippen LogP contribution in [0, 0.1) is 0 Å². The molecule has 0 spiro atoms. The number of hydrogen-bond donors (Lipinski definition) is 0. The lowest BCUT2D eigenvalue weighted by molar-refractivity contribution is 0.126. The number of likely N-dealkylation sites (N-methyl/N-ethyl adjacent to an activating group) is 1. The summed E-state index contributed by atoms with van der Waals surface area (Å²) in [5, 5.41) is 4.35. The number of benzene rings is 1. The van der Waals surface area contributed by atoms with Gasteiger partial charge in [-0.2, -0.15) is 0 Å². The number of aryl methyl sites for hydroxylation is 3. The van der Waals surface area contributed by atoms with Crippen molar-refractivity contribution in [3.63, 3.8) is 0 Å². The minimum atomic E-state index is 0.663. The lowest BCUT2D eigenvalue weighted by atomic mass is 10.0. The molecule has 1 aromatic rings. The van der Waals surface area contributed by atoms with Crippen LogP contribution in [0.5, 0.6) is 0 Å². The van der Waals surface area contributed by atoms with Gasteiger partial charge in [-0.15, -0.1) is 0 Å². The Morgan fingerprint density at radius 2 is 1.84 bits per heavy atom. The molecule has 0 atom stereocenters. The summed E-state index contributed by atoms with van der Waals surface area (Å²) in [5.74, 6) is 0. The number of hydrogen-bond acceptors (Lipinski definition) is 3. The van der Waals surface area contributed by atoms with E-state index < -0.39 is 0 Å². The lowest BCUT2D eigenvalue weighted by Crippen LogP contribution is -2.17. The molecule has 3 nitrogen and oxygen atoms in total. The summed E-state index contributed by atoms with van der Waals surface area (Å²) in [6.07, 6.45) is 5.95. The quantitative estimate of drug-likeness (QED) is 0.612. The van der Waals surface area contributed by atoms with E-state index in [2.05, 4.69) is 22.2 Å². The number of oxime groups is 1. The molecular formula is C16H22N2O. The number of nitrogens with zero attached hydrogens (tertiary/aromatic N) is 2. The second-order valence-corrected chi connectivity index (χ2v) is 5.81. The van der Waals surface area contributed by atoms with Gasteiger partial charge in [-0.3, -0.25) is 0 Å². The van der Waals surface area contributed by atoms with Crippen molar-refractivity contribution in [2.24, 2.45) is 5.16 Å². The fourth-order valence-corrected chi connectivity index (χ4v) is 2.98. The molecule has 0 N–H and O–H groups in total. The molecule has 0 aliphatic heterocycles. The Morgan fingerprint density at radius 3 is 2.63 bits per heavy atom. The Labute approximate surface area is 115 Å². The minimum Gasteiger partial charge on any atom is -0.394 e. The van der Waals surface area contributed by atoms with Crippen molar-refractivity contribution >= 4 is 5.71 Å². The molecule has 2 aliphatic carbocycles. The molecule has 1 aromatic carbocycles. The highest BCUT2D eigenvalue weighted by Crippen LogP contribution is 2.30. The summed E-state index contributed by atoms with van der Waals surface area (Å²) >= 11 is 0. The fraction of sp³-hybridized carbons (Fsp3) is 0.562. The highest BCUT2D eigenvalue weighted by atomic mass is 16.6. The van der Waals surface area contributed by atoms with Gasteiger partial charge in [0.15, 0.2) is 0 Å². The normalized spacial score (nSPS) is 19.0. The zero-order valence-electron chi connectivity index (χ0n) is 11.9. The molecule has 19 heavy (non-hydrogen) atoms. The van der Waals surface area contributed by atoms with Crippen LogP contribution in [0.2, 0.25) is 0 Å². The Balaban J connectivity index is 1.73. The van der Waals surface area contributed by atoms with E-state index in [1.165, 1.54) is 36.0 Å². The maximum absolute atomic E-state index is 5.45. The van der Waals surface area contributed by atoms with E-state index in [-0.39, 0.29) is 0 Å². The average molecular weight is 258 g/mol. The highest BCUT2D eigenvalue weighted by Gasteiger charge is 2.22. The average Bonchev–Trinajstić information content (AvgIpc) is 2.98. The van der Waals surface area contributed by atoms with Crippen molar-refractivity contribution in [2.45, 2.75) is 32.1 Å². The molecule has 0 saturated heterocycles. The van der Waals surface area contributed by atoms with Crippen LogP contribution >= 0.6 is 0 Å². The summed E-state index contributed by atoms with van der Waals surface area (Å²) < 4.78 is 0. The summed E-state index contributed by atoms with van der Waals surface area (Å²) in [5.41, 5.74) is 7.04. The van der Waals surface area contributed by atoms with Gasteiger partial charge in [-0.05, 0) is 69.0 Å². The van der Waals surface area contributed by atoms with Crippen molar-refractivity contribution in [1.82, 2.24) is 4.90 Å². The summed E-state index contributed by atoms with van der Waals surface area (Å²) in [7, 11) is 4.09. The molecule has 3 rings (SSSR count). The molecule has 0 fully saturated rings. The zero-order valence-corrected chi connectivity index (χ0v) is 11.9. The van der Waals surface area contributed by atoms with Gasteiger partial charge >= 0.3 is 0 Å². The van der Waals surface area contributed by atoms with Crippen molar-refractivity contribution < 1.29 is 4.84 Å². The lowest BCUT2D eigenvalue weighted by Gasteiger charge is -2.08. The first-order chi connectivity index (χ1) is 9.24. The Kier molecular flexibility index (Phi) is 3.56. The molecule has 0 bridgehead atoms. The third-order valence-corrected chi connectivity index (χ3v) is 4.06. The second kappa shape index (κ2) is 5.33. The van der Waals surface area contributed by atoms with Crippen molar-refractivity contribution in [3.05, 3.63) is 34.4 Å². The van der Waals surface area contributed by atoms with Gasteiger partial charge in [0.25, 0.3) is 0 Å². The molecule has 0 unspecified atom stereocenters. The highest BCUT2D eigenvalue weighted by molar-refractivity contribution is 6.04. The van der Waals surface area contributed by atoms with E-state index in [0.717, 1.165) is 25.1 Å². The number of rotatable bonds is 4. The second-order valence-electron chi connectivity index (χ2n) is 5.81. The summed E-state index contributed by atoms with van der Waals surface area (Å²) in [6, 6.07) is 4.76. The van der Waals surface area contributed by atoms with Crippen LogP contribution in [0.4, 0.5) is 0 Å². The van der Waals surface area contributed by atoms with E-state index >= 15 is 0 Å². The van der Waals surface area contributed by atoms with Gasteiger partial charge in [-0.25, -0.2) is 0 Å². The zero-order chi connectivity index (χ0) is 13.2. The van der Waals surface area contributed by atoms with Crippen LogP contribution in [0.3, 0.4) is 0 Å². The van der Waals surface area contributed by atoms with Crippen LogP contribution in [-0.2, 0) is 24.1 Å². The molecule has 0 saturated carbocycles. The van der Waals surface area contributed by atoms with Gasteiger partial charge in [-0.1, -0.05) is 11.2 Å². The van der Waals surface area contributed by atoms with E-state index in [4.69, 9.17) is 4.84 Å². The number of fused-ring (bicyclic) bond motifs is 2. The standard InChI is InChI=1S/C16H22N2O/c1-18(2)8-9-19-17-16-7-6-14-10-12-4-3-5-13(12)11-15(14)16/h10-11H,3-9H2,1-2H3. The van der Waals surface area contributed by atoms with Crippen molar-refractivity contribution in [2.75, 3.05) is 27.2 Å². The smallest absolute Gasteiger partial charge is 0.129 e. The van der Waals surface area contributed by atoms with Crippen LogP contribution < -0.4 is 0 Å². The topological polar surface area (TPSA) is 24.8 Å². The maximum Gasteiger partial charge on any atom is 0.129 e. The van der Waals surface area contributed by atoms with Gasteiger partial charge < -0.3 is 9.74 Å². The van der Waals surface area contributed by atoms with Gasteiger partial charge in [0.2, 0.25) is 0 Å². The predicted molar refractivity (Wildman–Crippen MR) is 77.8 cm³/mol. The molecular weight excluding hydrogens is 236 g/mol. The van der Waals surface area contributed by atoms with Gasteiger partial charge in [0.05, 0.1) is 5.71 Å². The van der Waals surface area contributed by atoms with Crippen molar-refractivity contribution in [3.8, 4) is 0 Å². The molecule has 102 valence electrons. The summed E-state index contributed by atoms with van der Waals surface area (Å²) in [4.78, 5) is 7.56. The van der Waals surface area contributed by atoms with Crippen LogP contribution in [0.25, 0.3) is 0 Å². The van der Waals surface area contributed by atoms with E-state index in [0.29, 0.717) is 6.61 Å². The minimum absolute atomic E-state index is 0.663. The van der Waals surface area contributed by atoms with Crippen LogP contribution in [0.1, 0.15) is 35.1 Å². The monoisotopic (exact) mass is 258 g/mol. The Bertz CT molecular complexity index is 506. The van der Waals surface area contributed by atoms with Crippen LogP contribution in [-0.4, -0.2) is 37.9 Å². The van der Waals surface area contributed by atoms with Gasteiger partial charge in [0, 0.05) is 12.1 Å². The maximum atomic E-state index is 5.45.